The van der Waals surface area contributed by atoms with Crippen molar-refractivity contribution >= 4 is 32.3 Å². The summed E-state index contributed by atoms with van der Waals surface area (Å²) in [4.78, 5) is 0. The summed E-state index contributed by atoms with van der Waals surface area (Å²) in [5, 5.41) is 7.91. The van der Waals surface area contributed by atoms with Crippen LogP contribution < -0.4 is 0 Å². The molecule has 0 bridgehead atoms. The van der Waals surface area contributed by atoms with Gasteiger partial charge in [0.1, 0.15) is 0 Å². The van der Waals surface area contributed by atoms with Gasteiger partial charge in [-0.05, 0) is 117 Å². The van der Waals surface area contributed by atoms with E-state index in [9.17, 15) is 0 Å². The predicted molar refractivity (Wildman–Crippen MR) is 199 cm³/mol. The molecule has 222 valence electrons. The summed E-state index contributed by atoms with van der Waals surface area (Å²) < 4.78 is 0. The van der Waals surface area contributed by atoms with Crippen LogP contribution in [0.5, 0.6) is 0 Å². The standard InChI is InChI=1S/C47H34/c1-46(2,3)31-23-20-29(21-24-31)30-22-25-38-36-16-8-10-18-42(36)47(44(38)26-30)43-19-11-9-17-37(43)41-27-39-34-14-6-4-12-32(34)33-13-5-7-15-35(33)40(39)28-45(41)47/h4-28H,1-3H3. The Kier molecular flexibility index (Phi) is 5.29. The van der Waals surface area contributed by atoms with Crippen molar-refractivity contribution in [1.29, 1.82) is 0 Å². The third-order valence-corrected chi connectivity index (χ3v) is 11.0. The van der Waals surface area contributed by atoms with E-state index in [2.05, 4.69) is 172 Å². The number of rotatable bonds is 1. The van der Waals surface area contributed by atoms with E-state index in [0.29, 0.717) is 0 Å². The molecule has 10 rings (SSSR count). The summed E-state index contributed by atoms with van der Waals surface area (Å²) in [6.45, 7) is 6.84. The average Bonchev–Trinajstić information content (AvgIpc) is 3.57. The van der Waals surface area contributed by atoms with Crippen molar-refractivity contribution in [1.82, 2.24) is 0 Å². The van der Waals surface area contributed by atoms with Crippen molar-refractivity contribution in [2.24, 2.45) is 0 Å². The van der Waals surface area contributed by atoms with Gasteiger partial charge in [-0.1, -0.05) is 154 Å². The van der Waals surface area contributed by atoms with Crippen molar-refractivity contribution in [2.45, 2.75) is 31.6 Å². The summed E-state index contributed by atoms with van der Waals surface area (Å²) >= 11 is 0. The molecule has 0 aliphatic heterocycles. The molecule has 1 atom stereocenters. The SMILES string of the molecule is CC(C)(C)c1ccc(-c2ccc3c(c2)C2(c4ccccc4-3)c3ccccc3-c3cc4c5ccccc5c5ccccc5c4cc32)cc1. The highest BCUT2D eigenvalue weighted by atomic mass is 14.5. The normalized spacial score (nSPS) is 16.1. The summed E-state index contributed by atoms with van der Waals surface area (Å²) in [6, 6.07) is 57.6. The minimum atomic E-state index is -0.403. The van der Waals surface area contributed by atoms with E-state index in [4.69, 9.17) is 0 Å². The first-order chi connectivity index (χ1) is 22.9. The molecule has 0 saturated carbocycles. The van der Waals surface area contributed by atoms with E-state index in [-0.39, 0.29) is 5.41 Å². The van der Waals surface area contributed by atoms with Crippen LogP contribution in [-0.2, 0) is 10.8 Å². The maximum Gasteiger partial charge on any atom is 0.0725 e. The molecule has 2 aliphatic carbocycles. The van der Waals surface area contributed by atoms with Crippen molar-refractivity contribution < 1.29 is 0 Å². The van der Waals surface area contributed by atoms with Crippen LogP contribution in [0.1, 0.15) is 48.6 Å². The Morgan fingerprint density at radius 2 is 0.787 bits per heavy atom. The highest BCUT2D eigenvalue weighted by molar-refractivity contribution is 6.26. The van der Waals surface area contributed by atoms with Crippen LogP contribution in [-0.4, -0.2) is 0 Å². The van der Waals surface area contributed by atoms with Gasteiger partial charge in [0.05, 0.1) is 5.41 Å². The summed E-state index contributed by atoms with van der Waals surface area (Å²) in [5.74, 6) is 0. The smallest absolute Gasteiger partial charge is 0.0619 e. The van der Waals surface area contributed by atoms with Crippen LogP contribution >= 0.6 is 0 Å². The molecule has 0 heterocycles. The first-order valence-corrected chi connectivity index (χ1v) is 16.8. The topological polar surface area (TPSA) is 0 Å². The zero-order chi connectivity index (χ0) is 31.5. The predicted octanol–water partition coefficient (Wildman–Crippen LogP) is 12.5. The van der Waals surface area contributed by atoms with E-state index in [1.54, 1.807) is 0 Å². The highest BCUT2D eigenvalue weighted by Crippen LogP contribution is 2.63. The van der Waals surface area contributed by atoms with Crippen LogP contribution in [0.3, 0.4) is 0 Å². The molecule has 0 heteroatoms. The van der Waals surface area contributed by atoms with Crippen LogP contribution in [0.25, 0.3) is 65.7 Å². The average molecular weight is 599 g/mol. The van der Waals surface area contributed by atoms with Gasteiger partial charge in [-0.3, -0.25) is 0 Å². The van der Waals surface area contributed by atoms with Crippen molar-refractivity contribution in [3.63, 3.8) is 0 Å². The fourth-order valence-electron chi connectivity index (χ4n) is 8.88. The lowest BCUT2D eigenvalue weighted by molar-refractivity contribution is 0.590. The van der Waals surface area contributed by atoms with E-state index in [1.807, 2.05) is 0 Å². The molecule has 0 saturated heterocycles. The molecule has 0 amide bonds. The lowest BCUT2D eigenvalue weighted by atomic mass is 9.70. The van der Waals surface area contributed by atoms with Crippen LogP contribution in [0.15, 0.2) is 152 Å². The molecule has 0 fully saturated rings. The Bertz CT molecular complexity index is 2590. The maximum atomic E-state index is 2.55. The van der Waals surface area contributed by atoms with E-state index >= 15 is 0 Å². The summed E-state index contributed by atoms with van der Waals surface area (Å²) in [6.07, 6.45) is 0. The Hall–Kier alpha value is -5.46. The van der Waals surface area contributed by atoms with E-state index < -0.39 is 5.41 Å². The van der Waals surface area contributed by atoms with Gasteiger partial charge in [0.15, 0.2) is 0 Å². The molecule has 8 aromatic carbocycles. The quantitative estimate of drug-likeness (QED) is 0.165. The second-order valence-corrected chi connectivity index (χ2v) is 14.5. The minimum absolute atomic E-state index is 0.123. The van der Waals surface area contributed by atoms with E-state index in [1.165, 1.54) is 93.5 Å². The third-order valence-electron chi connectivity index (χ3n) is 11.0. The Morgan fingerprint density at radius 1 is 0.340 bits per heavy atom. The third kappa shape index (κ3) is 3.48. The lowest BCUT2D eigenvalue weighted by Gasteiger charge is -2.31. The molecule has 0 N–H and O–H groups in total. The van der Waals surface area contributed by atoms with Gasteiger partial charge in [0.2, 0.25) is 0 Å². The molecule has 0 nitrogen and oxygen atoms in total. The van der Waals surface area contributed by atoms with Gasteiger partial charge in [0.25, 0.3) is 0 Å². The number of hydrogen-bond acceptors (Lipinski definition) is 0. The Labute approximate surface area is 276 Å². The fraction of sp³-hybridized carbons (Fsp3) is 0.106. The van der Waals surface area contributed by atoms with Gasteiger partial charge >= 0.3 is 0 Å². The monoisotopic (exact) mass is 598 g/mol. The first kappa shape index (κ1) is 26.7. The summed E-state index contributed by atoms with van der Waals surface area (Å²) in [7, 11) is 0. The van der Waals surface area contributed by atoms with E-state index in [0.717, 1.165) is 0 Å². The van der Waals surface area contributed by atoms with Gasteiger partial charge in [0, 0.05) is 0 Å². The largest absolute Gasteiger partial charge is 0.0725 e. The Balaban J connectivity index is 1.33. The van der Waals surface area contributed by atoms with Gasteiger partial charge in [-0.25, -0.2) is 0 Å². The van der Waals surface area contributed by atoms with Gasteiger partial charge in [-0.2, -0.15) is 0 Å². The van der Waals surface area contributed by atoms with Crippen molar-refractivity contribution in [3.8, 4) is 33.4 Å². The second kappa shape index (κ2) is 9.30. The first-order valence-electron chi connectivity index (χ1n) is 16.8. The molecule has 0 aromatic heterocycles. The zero-order valence-corrected chi connectivity index (χ0v) is 26.9. The van der Waals surface area contributed by atoms with Crippen LogP contribution in [0.4, 0.5) is 0 Å². The molecular weight excluding hydrogens is 565 g/mol. The highest BCUT2D eigenvalue weighted by Gasteiger charge is 2.51. The molecule has 47 heavy (non-hydrogen) atoms. The summed E-state index contributed by atoms with van der Waals surface area (Å²) in [5.41, 5.74) is 14.5. The number of fused-ring (bicyclic) bond motifs is 16. The van der Waals surface area contributed by atoms with Gasteiger partial charge < -0.3 is 0 Å². The number of benzene rings is 8. The van der Waals surface area contributed by atoms with Crippen molar-refractivity contribution in [3.05, 3.63) is 179 Å². The van der Waals surface area contributed by atoms with Crippen LogP contribution in [0.2, 0.25) is 0 Å². The maximum absolute atomic E-state index is 2.55. The molecule has 1 unspecified atom stereocenters. The molecular formula is C47H34. The zero-order valence-electron chi connectivity index (χ0n) is 26.9. The molecule has 8 aromatic rings. The van der Waals surface area contributed by atoms with Crippen molar-refractivity contribution in [2.75, 3.05) is 0 Å². The van der Waals surface area contributed by atoms with Gasteiger partial charge in [-0.15, -0.1) is 0 Å². The molecule has 2 aliphatic rings. The molecule has 0 radical (unpaired) electrons. The van der Waals surface area contributed by atoms with Crippen LogP contribution in [0, 0.1) is 0 Å². The minimum Gasteiger partial charge on any atom is -0.0619 e. The fourth-order valence-corrected chi connectivity index (χ4v) is 8.88. The second-order valence-electron chi connectivity index (χ2n) is 14.5. The number of hydrogen-bond donors (Lipinski definition) is 0. The lowest BCUT2D eigenvalue weighted by Crippen LogP contribution is -2.25. The molecule has 1 spiro atoms. The Morgan fingerprint density at radius 3 is 1.38 bits per heavy atom.